The van der Waals surface area contributed by atoms with Gasteiger partial charge in [-0.25, -0.2) is 0 Å². The summed E-state index contributed by atoms with van der Waals surface area (Å²) in [6, 6.07) is 5.36. The van der Waals surface area contributed by atoms with Gasteiger partial charge in [0.1, 0.15) is 5.69 Å². The van der Waals surface area contributed by atoms with Gasteiger partial charge in [0, 0.05) is 21.8 Å². The second-order valence-corrected chi connectivity index (χ2v) is 6.72. The minimum absolute atomic E-state index is 0.147. The predicted octanol–water partition coefficient (Wildman–Crippen LogP) is 4.44. The summed E-state index contributed by atoms with van der Waals surface area (Å²) in [6.07, 6.45) is 6.82. The Bertz CT molecular complexity index is 470. The summed E-state index contributed by atoms with van der Waals surface area (Å²) in [5.41, 5.74) is 0.763. The minimum atomic E-state index is -0.328. The normalized spacial score (nSPS) is 23.1. The molecule has 0 radical (unpaired) electrons. The van der Waals surface area contributed by atoms with Gasteiger partial charge >= 0.3 is 0 Å². The number of rotatable bonds is 4. The zero-order valence-electron chi connectivity index (χ0n) is 10.8. The van der Waals surface area contributed by atoms with Crippen LogP contribution in [0.5, 0.6) is 0 Å². The first-order chi connectivity index (χ1) is 9.11. The lowest BCUT2D eigenvalue weighted by Crippen LogP contribution is -2.34. The van der Waals surface area contributed by atoms with Crippen molar-refractivity contribution in [3.8, 4) is 0 Å². The van der Waals surface area contributed by atoms with E-state index >= 15 is 0 Å². The fourth-order valence-corrected chi connectivity index (χ4v) is 3.82. The Morgan fingerprint density at radius 2 is 2.16 bits per heavy atom. The monoisotopic (exact) mass is 344 g/mol. The van der Waals surface area contributed by atoms with E-state index in [9.17, 15) is 10.1 Å². The number of hydrogen-bond acceptors (Lipinski definition) is 4. The van der Waals surface area contributed by atoms with Crippen LogP contribution in [0, 0.1) is 10.1 Å². The lowest BCUT2D eigenvalue weighted by atomic mass is 9.94. The average molecular weight is 345 g/mol. The molecule has 2 rings (SSSR count). The molecule has 1 aromatic carbocycles. The molecule has 2 unspecified atom stereocenters. The summed E-state index contributed by atoms with van der Waals surface area (Å²) in [7, 11) is 0. The van der Waals surface area contributed by atoms with Crippen molar-refractivity contribution in [3.63, 3.8) is 0 Å². The Kier molecular flexibility index (Phi) is 5.10. The van der Waals surface area contributed by atoms with Crippen LogP contribution in [0.25, 0.3) is 0 Å². The van der Waals surface area contributed by atoms with Gasteiger partial charge in [-0.15, -0.1) is 0 Å². The maximum Gasteiger partial charge on any atom is 0.292 e. The van der Waals surface area contributed by atoms with Crippen LogP contribution in [0.15, 0.2) is 22.7 Å². The van der Waals surface area contributed by atoms with Crippen molar-refractivity contribution in [2.75, 3.05) is 11.6 Å². The largest absolute Gasteiger partial charge is 0.376 e. The Hall–Kier alpha value is -0.750. The molecule has 6 heteroatoms. The molecule has 1 aliphatic carbocycles. The van der Waals surface area contributed by atoms with E-state index in [4.69, 9.17) is 0 Å². The van der Waals surface area contributed by atoms with Gasteiger partial charge in [0.05, 0.1) is 4.92 Å². The Morgan fingerprint density at radius 3 is 2.84 bits per heavy atom. The van der Waals surface area contributed by atoms with Crippen molar-refractivity contribution in [1.29, 1.82) is 0 Å². The standard InChI is InChI=1S/C13H17BrN2O2S/c1-19-13-5-3-2-4-10(13)15-11-8-9(14)6-7-12(11)16(17)18/h6-8,10,13,15H,2-5H2,1H3. The summed E-state index contributed by atoms with van der Waals surface area (Å²) in [6.45, 7) is 0. The van der Waals surface area contributed by atoms with Gasteiger partial charge in [-0.2, -0.15) is 11.8 Å². The van der Waals surface area contributed by atoms with Crippen LogP contribution in [-0.4, -0.2) is 22.5 Å². The Morgan fingerprint density at radius 1 is 1.42 bits per heavy atom. The zero-order valence-corrected chi connectivity index (χ0v) is 13.2. The van der Waals surface area contributed by atoms with Gasteiger partial charge in [-0.05, 0) is 31.2 Å². The van der Waals surface area contributed by atoms with Gasteiger partial charge in [-0.1, -0.05) is 28.8 Å². The van der Waals surface area contributed by atoms with E-state index in [2.05, 4.69) is 27.5 Å². The SMILES string of the molecule is CSC1CCCCC1Nc1cc(Br)ccc1[N+](=O)[O-]. The smallest absolute Gasteiger partial charge is 0.292 e. The lowest BCUT2D eigenvalue weighted by molar-refractivity contribution is -0.384. The van der Waals surface area contributed by atoms with Gasteiger partial charge < -0.3 is 5.32 Å². The molecule has 104 valence electrons. The molecule has 1 aromatic rings. The molecule has 1 aliphatic rings. The highest BCUT2D eigenvalue weighted by atomic mass is 79.9. The molecular formula is C13H17BrN2O2S. The summed E-state index contributed by atoms with van der Waals surface area (Å²) in [4.78, 5) is 10.7. The number of hydrogen-bond donors (Lipinski definition) is 1. The van der Waals surface area contributed by atoms with Crippen LogP contribution in [0.1, 0.15) is 25.7 Å². The first kappa shape index (κ1) is 14.7. The topological polar surface area (TPSA) is 55.2 Å². The third kappa shape index (κ3) is 3.63. The molecule has 0 bridgehead atoms. The van der Waals surface area contributed by atoms with Gasteiger partial charge in [0.15, 0.2) is 0 Å². The molecule has 1 fully saturated rings. The molecule has 0 saturated heterocycles. The van der Waals surface area contributed by atoms with Crippen molar-refractivity contribution < 1.29 is 4.92 Å². The molecule has 0 heterocycles. The second-order valence-electron chi connectivity index (χ2n) is 4.73. The highest BCUT2D eigenvalue weighted by Gasteiger charge is 2.26. The third-order valence-electron chi connectivity index (χ3n) is 3.50. The minimum Gasteiger partial charge on any atom is -0.376 e. The van der Waals surface area contributed by atoms with Crippen molar-refractivity contribution in [3.05, 3.63) is 32.8 Å². The quantitative estimate of drug-likeness (QED) is 0.647. The van der Waals surface area contributed by atoms with E-state index in [-0.39, 0.29) is 10.6 Å². The van der Waals surface area contributed by atoms with E-state index < -0.39 is 0 Å². The molecule has 0 amide bonds. The van der Waals surface area contributed by atoms with Gasteiger partial charge in [0.2, 0.25) is 0 Å². The Labute approximate surface area is 125 Å². The van der Waals surface area contributed by atoms with Gasteiger partial charge in [-0.3, -0.25) is 10.1 Å². The van der Waals surface area contributed by atoms with Crippen LogP contribution >= 0.6 is 27.7 Å². The fraction of sp³-hybridized carbons (Fsp3) is 0.538. The summed E-state index contributed by atoms with van der Waals surface area (Å²) >= 11 is 5.22. The van der Waals surface area contributed by atoms with Crippen molar-refractivity contribution in [2.24, 2.45) is 0 Å². The van der Waals surface area contributed by atoms with E-state index in [1.807, 2.05) is 11.8 Å². The third-order valence-corrected chi connectivity index (χ3v) is 5.16. The number of thioether (sulfide) groups is 1. The number of nitrogens with one attached hydrogen (secondary N) is 1. The van der Waals surface area contributed by atoms with Crippen molar-refractivity contribution in [2.45, 2.75) is 37.0 Å². The van der Waals surface area contributed by atoms with E-state index in [1.165, 1.54) is 19.3 Å². The molecule has 2 atom stereocenters. The first-order valence-corrected chi connectivity index (χ1v) is 8.43. The molecule has 0 spiro atoms. The van der Waals surface area contributed by atoms with Crippen molar-refractivity contribution in [1.82, 2.24) is 0 Å². The number of benzene rings is 1. The van der Waals surface area contributed by atoms with Crippen LogP contribution in [0.4, 0.5) is 11.4 Å². The number of nitro groups is 1. The van der Waals surface area contributed by atoms with Crippen molar-refractivity contribution >= 4 is 39.1 Å². The van der Waals surface area contributed by atoms with E-state index in [1.54, 1.807) is 18.2 Å². The Balaban J connectivity index is 2.21. The molecule has 1 saturated carbocycles. The number of halogens is 1. The van der Waals surface area contributed by atoms with E-state index in [0.29, 0.717) is 17.0 Å². The van der Waals surface area contributed by atoms with Crippen LogP contribution in [0.2, 0.25) is 0 Å². The predicted molar refractivity (Wildman–Crippen MR) is 84.0 cm³/mol. The fourth-order valence-electron chi connectivity index (χ4n) is 2.53. The maximum absolute atomic E-state index is 11.1. The summed E-state index contributed by atoms with van der Waals surface area (Å²) in [5.74, 6) is 0. The number of anilines is 1. The summed E-state index contributed by atoms with van der Waals surface area (Å²) in [5, 5.41) is 15.0. The first-order valence-electron chi connectivity index (χ1n) is 6.35. The highest BCUT2D eigenvalue weighted by Crippen LogP contribution is 2.33. The van der Waals surface area contributed by atoms with Crippen LogP contribution in [0.3, 0.4) is 0 Å². The molecular weight excluding hydrogens is 328 g/mol. The maximum atomic E-state index is 11.1. The molecule has 1 N–H and O–H groups in total. The second kappa shape index (κ2) is 6.61. The summed E-state index contributed by atoms with van der Waals surface area (Å²) < 4.78 is 0.858. The van der Waals surface area contributed by atoms with E-state index in [0.717, 1.165) is 10.9 Å². The molecule has 0 aliphatic heterocycles. The average Bonchev–Trinajstić information content (AvgIpc) is 2.39. The van der Waals surface area contributed by atoms with Gasteiger partial charge in [0.25, 0.3) is 5.69 Å². The number of nitrogens with zero attached hydrogens (tertiary/aromatic N) is 1. The number of nitro benzene ring substituents is 1. The van der Waals surface area contributed by atoms with Crippen LogP contribution < -0.4 is 5.32 Å². The molecule has 0 aromatic heterocycles. The molecule has 4 nitrogen and oxygen atoms in total. The molecule has 19 heavy (non-hydrogen) atoms. The zero-order chi connectivity index (χ0) is 13.8. The van der Waals surface area contributed by atoms with Crippen LogP contribution in [-0.2, 0) is 0 Å². The highest BCUT2D eigenvalue weighted by molar-refractivity contribution is 9.10. The lowest BCUT2D eigenvalue weighted by Gasteiger charge is -2.31.